The fourth-order valence-electron chi connectivity index (χ4n) is 1.95. The molecule has 1 aliphatic rings. The molecule has 88 valence electrons. The molecule has 1 amide bonds. The molecule has 0 unspecified atom stereocenters. The van der Waals surface area contributed by atoms with Crippen LogP contribution in [0.25, 0.3) is 0 Å². The summed E-state index contributed by atoms with van der Waals surface area (Å²) in [4.78, 5) is 12.6. The number of hydrogen-bond acceptors (Lipinski definition) is 3. The predicted octanol–water partition coefficient (Wildman–Crippen LogP) is 2.51. The van der Waals surface area contributed by atoms with E-state index in [0.29, 0.717) is 12.1 Å². The number of amides is 1. The van der Waals surface area contributed by atoms with Crippen LogP contribution in [0.3, 0.4) is 0 Å². The number of rotatable bonds is 2. The standard InChI is InChI=1S/C11H15BrN2OS/c12-7-5-10(16-6-7)11(15)14-9-3-1-8(13)2-4-9/h5-6,8-9H,1-4,13H2,(H,14,15). The number of hydrogen-bond donors (Lipinski definition) is 2. The number of carbonyl (C=O) groups excluding carboxylic acids is 1. The Morgan fingerprint density at radius 2 is 2.12 bits per heavy atom. The summed E-state index contributed by atoms with van der Waals surface area (Å²) in [6.07, 6.45) is 4.02. The molecular formula is C11H15BrN2OS. The lowest BCUT2D eigenvalue weighted by molar-refractivity contribution is 0.0930. The van der Waals surface area contributed by atoms with Gasteiger partial charge in [-0.2, -0.15) is 0 Å². The van der Waals surface area contributed by atoms with E-state index in [9.17, 15) is 4.79 Å². The second-order valence-corrected chi connectivity index (χ2v) is 6.04. The van der Waals surface area contributed by atoms with Gasteiger partial charge in [0, 0.05) is 21.9 Å². The lowest BCUT2D eigenvalue weighted by Crippen LogP contribution is -2.40. The highest BCUT2D eigenvalue weighted by molar-refractivity contribution is 9.10. The monoisotopic (exact) mass is 302 g/mol. The highest BCUT2D eigenvalue weighted by Crippen LogP contribution is 2.21. The van der Waals surface area contributed by atoms with Crippen molar-refractivity contribution >= 4 is 33.2 Å². The van der Waals surface area contributed by atoms with Crippen LogP contribution in [0.1, 0.15) is 35.4 Å². The van der Waals surface area contributed by atoms with Crippen LogP contribution in [0, 0.1) is 0 Å². The summed E-state index contributed by atoms with van der Waals surface area (Å²) in [6.45, 7) is 0. The highest BCUT2D eigenvalue weighted by Gasteiger charge is 2.20. The van der Waals surface area contributed by atoms with Crippen LogP contribution in [0.15, 0.2) is 15.9 Å². The van der Waals surface area contributed by atoms with Gasteiger partial charge in [-0.25, -0.2) is 0 Å². The van der Waals surface area contributed by atoms with Gasteiger partial charge >= 0.3 is 0 Å². The molecule has 1 heterocycles. The van der Waals surface area contributed by atoms with E-state index in [4.69, 9.17) is 5.73 Å². The fourth-order valence-corrected chi connectivity index (χ4v) is 3.28. The first-order valence-corrected chi connectivity index (χ1v) is 7.13. The summed E-state index contributed by atoms with van der Waals surface area (Å²) >= 11 is 4.81. The van der Waals surface area contributed by atoms with Crippen molar-refractivity contribution < 1.29 is 4.79 Å². The van der Waals surface area contributed by atoms with Crippen molar-refractivity contribution in [2.75, 3.05) is 0 Å². The summed E-state index contributed by atoms with van der Waals surface area (Å²) in [5, 5.41) is 4.99. The molecule has 1 aliphatic carbocycles. The zero-order chi connectivity index (χ0) is 11.5. The van der Waals surface area contributed by atoms with E-state index in [1.807, 2.05) is 11.4 Å². The molecule has 16 heavy (non-hydrogen) atoms. The number of thiophene rings is 1. The Bertz CT molecular complexity index is 372. The van der Waals surface area contributed by atoms with Crippen LogP contribution < -0.4 is 11.1 Å². The minimum Gasteiger partial charge on any atom is -0.349 e. The van der Waals surface area contributed by atoms with E-state index >= 15 is 0 Å². The SMILES string of the molecule is NC1CCC(NC(=O)c2cc(Br)cs2)CC1. The summed E-state index contributed by atoms with van der Waals surface area (Å²) in [5.74, 6) is 0.0381. The molecule has 1 aromatic rings. The molecule has 0 aromatic carbocycles. The van der Waals surface area contributed by atoms with Crippen molar-refractivity contribution in [3.63, 3.8) is 0 Å². The second-order valence-electron chi connectivity index (χ2n) is 4.21. The summed E-state index contributed by atoms with van der Waals surface area (Å²) < 4.78 is 0.966. The average molecular weight is 303 g/mol. The van der Waals surface area contributed by atoms with Crippen molar-refractivity contribution in [3.05, 3.63) is 20.8 Å². The normalized spacial score (nSPS) is 25.4. The smallest absolute Gasteiger partial charge is 0.261 e. The van der Waals surface area contributed by atoms with E-state index in [0.717, 1.165) is 35.0 Å². The largest absolute Gasteiger partial charge is 0.349 e. The molecule has 1 fully saturated rings. The molecule has 5 heteroatoms. The van der Waals surface area contributed by atoms with Gasteiger partial charge in [0.1, 0.15) is 0 Å². The molecule has 0 aliphatic heterocycles. The van der Waals surface area contributed by atoms with E-state index in [-0.39, 0.29) is 5.91 Å². The molecule has 0 saturated heterocycles. The van der Waals surface area contributed by atoms with Gasteiger partial charge in [0.2, 0.25) is 0 Å². The van der Waals surface area contributed by atoms with Crippen LogP contribution in [-0.2, 0) is 0 Å². The quantitative estimate of drug-likeness (QED) is 0.882. The van der Waals surface area contributed by atoms with Crippen LogP contribution >= 0.6 is 27.3 Å². The first-order chi connectivity index (χ1) is 7.65. The molecule has 0 atom stereocenters. The van der Waals surface area contributed by atoms with Crippen LogP contribution in [0.5, 0.6) is 0 Å². The summed E-state index contributed by atoms with van der Waals surface area (Å²) in [6, 6.07) is 2.48. The Morgan fingerprint density at radius 3 is 2.69 bits per heavy atom. The minimum atomic E-state index is 0.0381. The summed E-state index contributed by atoms with van der Waals surface area (Å²) in [7, 11) is 0. The minimum absolute atomic E-state index is 0.0381. The number of nitrogens with one attached hydrogen (secondary N) is 1. The van der Waals surface area contributed by atoms with E-state index in [1.54, 1.807) is 0 Å². The van der Waals surface area contributed by atoms with Gasteiger partial charge < -0.3 is 11.1 Å². The average Bonchev–Trinajstić information content (AvgIpc) is 2.68. The van der Waals surface area contributed by atoms with Crippen molar-refractivity contribution in [1.82, 2.24) is 5.32 Å². The van der Waals surface area contributed by atoms with E-state index in [1.165, 1.54) is 11.3 Å². The molecule has 3 nitrogen and oxygen atoms in total. The highest BCUT2D eigenvalue weighted by atomic mass is 79.9. The maximum atomic E-state index is 11.9. The van der Waals surface area contributed by atoms with Gasteiger partial charge in [0.05, 0.1) is 4.88 Å². The summed E-state index contributed by atoms with van der Waals surface area (Å²) in [5.41, 5.74) is 5.83. The molecule has 3 N–H and O–H groups in total. The van der Waals surface area contributed by atoms with Crippen LogP contribution in [0.4, 0.5) is 0 Å². The van der Waals surface area contributed by atoms with Crippen molar-refractivity contribution in [3.8, 4) is 0 Å². The molecule has 1 aromatic heterocycles. The Kier molecular flexibility index (Phi) is 4.00. The molecule has 0 bridgehead atoms. The third kappa shape index (κ3) is 3.06. The Balaban J connectivity index is 1.88. The maximum Gasteiger partial charge on any atom is 0.261 e. The topological polar surface area (TPSA) is 55.1 Å². The van der Waals surface area contributed by atoms with E-state index in [2.05, 4.69) is 21.2 Å². The lowest BCUT2D eigenvalue weighted by atomic mass is 9.92. The van der Waals surface area contributed by atoms with Crippen molar-refractivity contribution in [1.29, 1.82) is 0 Å². The Morgan fingerprint density at radius 1 is 1.44 bits per heavy atom. The lowest BCUT2D eigenvalue weighted by Gasteiger charge is -2.26. The van der Waals surface area contributed by atoms with E-state index < -0.39 is 0 Å². The number of carbonyl (C=O) groups is 1. The second kappa shape index (κ2) is 5.29. The van der Waals surface area contributed by atoms with Crippen LogP contribution in [0.2, 0.25) is 0 Å². The van der Waals surface area contributed by atoms with Crippen LogP contribution in [-0.4, -0.2) is 18.0 Å². The maximum absolute atomic E-state index is 11.9. The number of halogens is 1. The van der Waals surface area contributed by atoms with Gasteiger partial charge in [-0.15, -0.1) is 11.3 Å². The zero-order valence-corrected chi connectivity index (χ0v) is 11.3. The molecule has 0 radical (unpaired) electrons. The molecular weight excluding hydrogens is 288 g/mol. The Hall–Kier alpha value is -0.390. The molecule has 1 saturated carbocycles. The Labute approximate surface area is 108 Å². The van der Waals surface area contributed by atoms with Gasteiger partial charge in [0.15, 0.2) is 0 Å². The zero-order valence-electron chi connectivity index (χ0n) is 8.91. The molecule has 2 rings (SSSR count). The van der Waals surface area contributed by atoms with Gasteiger partial charge in [-0.3, -0.25) is 4.79 Å². The third-order valence-electron chi connectivity index (χ3n) is 2.90. The fraction of sp³-hybridized carbons (Fsp3) is 0.545. The van der Waals surface area contributed by atoms with Gasteiger partial charge in [-0.05, 0) is 47.7 Å². The third-order valence-corrected chi connectivity index (χ3v) is 4.59. The number of nitrogens with two attached hydrogens (primary N) is 1. The van der Waals surface area contributed by atoms with Gasteiger partial charge in [0.25, 0.3) is 5.91 Å². The van der Waals surface area contributed by atoms with Crippen molar-refractivity contribution in [2.24, 2.45) is 5.73 Å². The first-order valence-electron chi connectivity index (χ1n) is 5.45. The molecule has 0 spiro atoms. The first kappa shape index (κ1) is 12.1. The van der Waals surface area contributed by atoms with Gasteiger partial charge in [-0.1, -0.05) is 0 Å². The predicted molar refractivity (Wildman–Crippen MR) is 69.7 cm³/mol. The van der Waals surface area contributed by atoms with Crippen molar-refractivity contribution in [2.45, 2.75) is 37.8 Å².